The van der Waals surface area contributed by atoms with E-state index in [9.17, 15) is 4.79 Å². The van der Waals surface area contributed by atoms with E-state index in [0.29, 0.717) is 25.1 Å². The smallest absolute Gasteiger partial charge is 0.346 e. The fourth-order valence-corrected chi connectivity index (χ4v) is 4.72. The molecule has 0 saturated carbocycles. The van der Waals surface area contributed by atoms with Crippen molar-refractivity contribution in [2.75, 3.05) is 6.61 Å². The number of halogens is 1. The van der Waals surface area contributed by atoms with Crippen LogP contribution >= 0.6 is 0 Å². The predicted molar refractivity (Wildman–Crippen MR) is 99.8 cm³/mol. The van der Waals surface area contributed by atoms with Crippen LogP contribution in [-0.4, -0.2) is 47.3 Å². The molecule has 2 N–H and O–H groups in total. The van der Waals surface area contributed by atoms with Crippen molar-refractivity contribution < 1.29 is 26.5 Å². The first-order chi connectivity index (χ1) is 12.2. The summed E-state index contributed by atoms with van der Waals surface area (Å²) in [7, 11) is 0. The minimum Gasteiger partial charge on any atom is -1.00 e. The van der Waals surface area contributed by atoms with Crippen LogP contribution in [0.15, 0.2) is 0 Å². The van der Waals surface area contributed by atoms with Gasteiger partial charge in [-0.05, 0) is 45.4 Å². The SMILES string of the molecule is CCCCCC(=O)OCCCC[C@H]1C[C@H]2CC[C@H]3C[C@@H](C)NC(=[N+]23)N1.[Cl-]. The summed E-state index contributed by atoms with van der Waals surface area (Å²) in [6.07, 6.45) is 12.3. The molecule has 0 spiro atoms. The molecule has 150 valence electrons. The Morgan fingerprint density at radius 2 is 1.88 bits per heavy atom. The summed E-state index contributed by atoms with van der Waals surface area (Å²) in [4.78, 5) is 11.6. The summed E-state index contributed by atoms with van der Waals surface area (Å²) in [6, 6.07) is 2.61. The second kappa shape index (κ2) is 10.4. The predicted octanol–water partition coefficient (Wildman–Crippen LogP) is -0.0726. The van der Waals surface area contributed by atoms with Gasteiger partial charge in [0.1, 0.15) is 0 Å². The van der Waals surface area contributed by atoms with E-state index >= 15 is 0 Å². The van der Waals surface area contributed by atoms with Crippen LogP contribution in [0.4, 0.5) is 0 Å². The molecule has 0 aromatic heterocycles. The molecule has 0 unspecified atom stereocenters. The van der Waals surface area contributed by atoms with E-state index in [-0.39, 0.29) is 18.4 Å². The van der Waals surface area contributed by atoms with E-state index in [0.717, 1.165) is 44.2 Å². The molecule has 0 bridgehead atoms. The number of rotatable bonds is 9. The molecule has 0 aromatic carbocycles. The third-order valence-electron chi connectivity index (χ3n) is 5.98. The van der Waals surface area contributed by atoms with Crippen molar-refractivity contribution in [3.63, 3.8) is 0 Å². The molecular weight excluding hydrogens is 350 g/mol. The van der Waals surface area contributed by atoms with E-state index in [2.05, 4.69) is 29.1 Å². The number of nitrogens with zero attached hydrogens (tertiary/aromatic N) is 1. The van der Waals surface area contributed by atoms with Crippen LogP contribution < -0.4 is 23.0 Å². The largest absolute Gasteiger partial charge is 1.00 e. The van der Waals surface area contributed by atoms with E-state index < -0.39 is 0 Å². The average molecular weight is 386 g/mol. The minimum absolute atomic E-state index is 0. The number of hydrogen-bond donors (Lipinski definition) is 2. The summed E-state index contributed by atoms with van der Waals surface area (Å²) in [6.45, 7) is 5.02. The van der Waals surface area contributed by atoms with Gasteiger partial charge in [-0.3, -0.25) is 20.0 Å². The van der Waals surface area contributed by atoms with Crippen LogP contribution in [0.25, 0.3) is 0 Å². The first kappa shape index (κ1) is 21.3. The lowest BCUT2D eigenvalue weighted by Gasteiger charge is -2.35. The molecule has 0 radical (unpaired) electrons. The number of unbranched alkanes of at least 4 members (excludes halogenated alkanes) is 3. The Kier molecular flexibility index (Phi) is 8.52. The Bertz CT molecular complexity index is 497. The van der Waals surface area contributed by atoms with E-state index in [4.69, 9.17) is 4.74 Å². The number of ether oxygens (including phenoxy) is 1. The van der Waals surface area contributed by atoms with Crippen LogP contribution in [0.2, 0.25) is 0 Å². The second-order valence-electron chi connectivity index (χ2n) is 8.17. The molecule has 3 heterocycles. The highest BCUT2D eigenvalue weighted by Crippen LogP contribution is 2.31. The zero-order valence-electron chi connectivity index (χ0n) is 16.4. The van der Waals surface area contributed by atoms with Gasteiger partial charge in [-0.1, -0.05) is 19.8 Å². The van der Waals surface area contributed by atoms with Gasteiger partial charge in [0.15, 0.2) is 0 Å². The van der Waals surface area contributed by atoms with Crippen molar-refractivity contribution in [3.05, 3.63) is 0 Å². The third kappa shape index (κ3) is 5.51. The normalized spacial score (nSPS) is 29.3. The van der Waals surface area contributed by atoms with Gasteiger partial charge in [0.25, 0.3) is 0 Å². The highest BCUT2D eigenvalue weighted by molar-refractivity contribution is 5.76. The molecule has 1 fully saturated rings. The van der Waals surface area contributed by atoms with Crippen LogP contribution in [0.5, 0.6) is 0 Å². The summed E-state index contributed by atoms with van der Waals surface area (Å²) in [5.74, 6) is 1.26. The Balaban J connectivity index is 0.00000243. The molecule has 5 nitrogen and oxygen atoms in total. The minimum atomic E-state index is -0.0205. The lowest BCUT2D eigenvalue weighted by molar-refractivity contribution is -0.593. The lowest BCUT2D eigenvalue weighted by Crippen LogP contribution is -3.00. The van der Waals surface area contributed by atoms with Gasteiger partial charge in [0.05, 0.1) is 30.8 Å². The third-order valence-corrected chi connectivity index (χ3v) is 5.98. The van der Waals surface area contributed by atoms with Gasteiger partial charge in [-0.2, -0.15) is 0 Å². The van der Waals surface area contributed by atoms with Gasteiger partial charge in [-0.25, -0.2) is 0 Å². The molecule has 26 heavy (non-hydrogen) atoms. The van der Waals surface area contributed by atoms with Crippen LogP contribution in [-0.2, 0) is 9.53 Å². The van der Waals surface area contributed by atoms with Gasteiger partial charge < -0.3 is 17.1 Å². The molecule has 0 aromatic rings. The van der Waals surface area contributed by atoms with Gasteiger partial charge in [0, 0.05) is 19.3 Å². The van der Waals surface area contributed by atoms with E-state index in [1.54, 1.807) is 0 Å². The molecular formula is C20H36ClN3O2. The summed E-state index contributed by atoms with van der Waals surface area (Å²) >= 11 is 0. The standard InChI is InChI=1S/C20H35N3O2.ClH/c1-3-4-5-9-19(24)25-12-7-6-8-16-14-18-11-10-17-13-15(2)21-20(22-16)23(17)18;/h15-18H,3-14H2,1-2H3,(H,21,22);1H/t15-,16+,17+,18-;/m1./s1. The zero-order chi connectivity index (χ0) is 17.6. The number of guanidine groups is 1. The summed E-state index contributed by atoms with van der Waals surface area (Å²) in [5.41, 5.74) is 0. The van der Waals surface area contributed by atoms with Crippen LogP contribution in [0.1, 0.15) is 84.5 Å². The van der Waals surface area contributed by atoms with Crippen LogP contribution in [0.3, 0.4) is 0 Å². The molecule has 3 aliphatic rings. The highest BCUT2D eigenvalue weighted by Gasteiger charge is 2.44. The van der Waals surface area contributed by atoms with Crippen molar-refractivity contribution >= 4 is 11.9 Å². The maximum Gasteiger partial charge on any atom is 0.346 e. The average Bonchev–Trinajstić information content (AvgIpc) is 2.98. The first-order valence-corrected chi connectivity index (χ1v) is 10.5. The van der Waals surface area contributed by atoms with Crippen molar-refractivity contribution in [2.24, 2.45) is 0 Å². The monoisotopic (exact) mass is 385 g/mol. The number of nitrogens with one attached hydrogen (secondary N) is 2. The Morgan fingerprint density at radius 1 is 1.12 bits per heavy atom. The van der Waals surface area contributed by atoms with Crippen molar-refractivity contribution in [1.82, 2.24) is 10.6 Å². The van der Waals surface area contributed by atoms with Gasteiger partial charge in [0.2, 0.25) is 0 Å². The maximum absolute atomic E-state index is 11.6. The van der Waals surface area contributed by atoms with E-state index in [1.807, 2.05) is 0 Å². The molecule has 0 aliphatic carbocycles. The van der Waals surface area contributed by atoms with Crippen molar-refractivity contribution in [3.8, 4) is 0 Å². The van der Waals surface area contributed by atoms with Gasteiger partial charge >= 0.3 is 11.9 Å². The Morgan fingerprint density at radius 3 is 2.65 bits per heavy atom. The highest BCUT2D eigenvalue weighted by atomic mass is 35.5. The fourth-order valence-electron chi connectivity index (χ4n) is 4.72. The van der Waals surface area contributed by atoms with E-state index in [1.165, 1.54) is 38.1 Å². The second-order valence-corrected chi connectivity index (χ2v) is 8.17. The quantitative estimate of drug-likeness (QED) is 0.331. The molecule has 3 rings (SSSR count). The molecule has 1 saturated heterocycles. The number of esters is 1. The molecule has 6 heteroatoms. The lowest BCUT2D eigenvalue weighted by atomic mass is 9.99. The maximum atomic E-state index is 11.6. The number of carbonyl (C=O) groups excluding carboxylic acids is 1. The Labute approximate surface area is 164 Å². The summed E-state index contributed by atoms with van der Waals surface area (Å²) < 4.78 is 7.96. The topological polar surface area (TPSA) is 53.4 Å². The van der Waals surface area contributed by atoms with Crippen molar-refractivity contribution in [2.45, 2.75) is 109 Å². The van der Waals surface area contributed by atoms with Crippen molar-refractivity contribution in [1.29, 1.82) is 0 Å². The number of carbonyl (C=O) groups is 1. The fraction of sp³-hybridized carbons (Fsp3) is 0.900. The molecule has 0 amide bonds. The van der Waals surface area contributed by atoms with Gasteiger partial charge in [-0.15, -0.1) is 0 Å². The summed E-state index contributed by atoms with van der Waals surface area (Å²) in [5, 5.41) is 7.40. The molecule has 3 aliphatic heterocycles. The first-order valence-electron chi connectivity index (χ1n) is 10.5. The van der Waals surface area contributed by atoms with Crippen LogP contribution in [0, 0.1) is 0 Å². The zero-order valence-corrected chi connectivity index (χ0v) is 17.2. The number of hydrogen-bond acceptors (Lipinski definition) is 4. The Hall–Kier alpha value is -0.970. The molecule has 4 atom stereocenters.